The predicted octanol–water partition coefficient (Wildman–Crippen LogP) is 2.08. The number of rotatable bonds is 4. The van der Waals surface area contributed by atoms with Crippen molar-refractivity contribution in [2.45, 2.75) is 33.4 Å². The number of aliphatic imine (C=N–C) groups is 1. The first-order chi connectivity index (χ1) is 8.56. The highest BCUT2D eigenvalue weighted by Crippen LogP contribution is 2.18. The van der Waals surface area contributed by atoms with E-state index in [1.807, 2.05) is 13.0 Å². The molecule has 0 aromatic heterocycles. The second-order valence-corrected chi connectivity index (χ2v) is 4.53. The summed E-state index contributed by atoms with van der Waals surface area (Å²) in [6.07, 6.45) is 0. The van der Waals surface area contributed by atoms with E-state index in [1.54, 1.807) is 14.2 Å². The van der Waals surface area contributed by atoms with Gasteiger partial charge in [-0.1, -0.05) is 12.1 Å². The van der Waals surface area contributed by atoms with Crippen LogP contribution < -0.4 is 15.4 Å². The summed E-state index contributed by atoms with van der Waals surface area (Å²) in [5.74, 6) is 1.74. The van der Waals surface area contributed by atoms with E-state index >= 15 is 0 Å². The van der Waals surface area contributed by atoms with E-state index in [1.165, 1.54) is 5.56 Å². The number of hydrogen-bond acceptors (Lipinski definition) is 2. The van der Waals surface area contributed by atoms with Crippen LogP contribution in [0, 0.1) is 6.92 Å². The van der Waals surface area contributed by atoms with Gasteiger partial charge >= 0.3 is 0 Å². The second kappa shape index (κ2) is 6.89. The summed E-state index contributed by atoms with van der Waals surface area (Å²) < 4.78 is 5.24. The maximum absolute atomic E-state index is 5.24. The van der Waals surface area contributed by atoms with Crippen molar-refractivity contribution in [3.63, 3.8) is 0 Å². The third-order valence-electron chi connectivity index (χ3n) is 2.57. The van der Waals surface area contributed by atoms with Crippen LogP contribution in [0.1, 0.15) is 25.0 Å². The van der Waals surface area contributed by atoms with Gasteiger partial charge in [-0.2, -0.15) is 0 Å². The summed E-state index contributed by atoms with van der Waals surface area (Å²) in [5, 5.41) is 6.53. The fourth-order valence-corrected chi connectivity index (χ4v) is 1.70. The van der Waals surface area contributed by atoms with E-state index in [2.05, 4.69) is 41.6 Å². The number of benzene rings is 1. The van der Waals surface area contributed by atoms with Crippen LogP contribution in [0.5, 0.6) is 5.75 Å². The third kappa shape index (κ3) is 4.28. The molecule has 0 radical (unpaired) electrons. The number of methoxy groups -OCH3 is 1. The number of nitrogens with one attached hydrogen (secondary N) is 2. The second-order valence-electron chi connectivity index (χ2n) is 4.53. The molecule has 0 atom stereocenters. The van der Waals surface area contributed by atoms with Gasteiger partial charge in [0.1, 0.15) is 5.75 Å². The van der Waals surface area contributed by atoms with Gasteiger partial charge in [-0.25, -0.2) is 0 Å². The molecular formula is C14H23N3O. The Hall–Kier alpha value is -1.71. The molecule has 0 aliphatic rings. The molecule has 1 aromatic carbocycles. The first-order valence-electron chi connectivity index (χ1n) is 6.17. The minimum Gasteiger partial charge on any atom is -0.496 e. The lowest BCUT2D eigenvalue weighted by Crippen LogP contribution is -2.40. The zero-order valence-electron chi connectivity index (χ0n) is 11.9. The SMILES string of the molecule is CN=C(NCc1ccc(OC)c(C)c1)NC(C)C. The Morgan fingerprint density at radius 3 is 2.61 bits per heavy atom. The van der Waals surface area contributed by atoms with Crippen LogP contribution in [0.15, 0.2) is 23.2 Å². The van der Waals surface area contributed by atoms with Crippen LogP contribution in [0.25, 0.3) is 0 Å². The van der Waals surface area contributed by atoms with E-state index in [-0.39, 0.29) is 0 Å². The zero-order chi connectivity index (χ0) is 13.5. The van der Waals surface area contributed by atoms with Gasteiger partial charge in [0.2, 0.25) is 0 Å². The van der Waals surface area contributed by atoms with Gasteiger partial charge < -0.3 is 15.4 Å². The van der Waals surface area contributed by atoms with Crippen molar-refractivity contribution >= 4 is 5.96 Å². The van der Waals surface area contributed by atoms with Crippen LogP contribution in [0.2, 0.25) is 0 Å². The van der Waals surface area contributed by atoms with Crippen molar-refractivity contribution in [2.75, 3.05) is 14.2 Å². The van der Waals surface area contributed by atoms with E-state index in [0.29, 0.717) is 6.04 Å². The molecule has 0 saturated carbocycles. The van der Waals surface area contributed by atoms with Gasteiger partial charge in [0.05, 0.1) is 7.11 Å². The molecule has 1 rings (SSSR count). The minimum absolute atomic E-state index is 0.369. The molecule has 0 saturated heterocycles. The first kappa shape index (κ1) is 14.4. The Balaban J connectivity index is 2.60. The molecule has 18 heavy (non-hydrogen) atoms. The normalized spacial score (nSPS) is 11.6. The molecule has 0 aliphatic carbocycles. The Morgan fingerprint density at radius 2 is 2.11 bits per heavy atom. The van der Waals surface area contributed by atoms with E-state index in [9.17, 15) is 0 Å². The highest BCUT2D eigenvalue weighted by molar-refractivity contribution is 5.79. The summed E-state index contributed by atoms with van der Waals surface area (Å²) in [5.41, 5.74) is 2.35. The average molecular weight is 249 g/mol. The maximum atomic E-state index is 5.24. The van der Waals surface area contributed by atoms with Crippen molar-refractivity contribution in [1.29, 1.82) is 0 Å². The molecule has 0 bridgehead atoms. The maximum Gasteiger partial charge on any atom is 0.191 e. The van der Waals surface area contributed by atoms with Gasteiger partial charge in [-0.3, -0.25) is 4.99 Å². The lowest BCUT2D eigenvalue weighted by molar-refractivity contribution is 0.411. The Morgan fingerprint density at radius 1 is 1.39 bits per heavy atom. The topological polar surface area (TPSA) is 45.7 Å². The zero-order valence-corrected chi connectivity index (χ0v) is 11.9. The van der Waals surface area contributed by atoms with Crippen molar-refractivity contribution in [3.05, 3.63) is 29.3 Å². The van der Waals surface area contributed by atoms with Crippen molar-refractivity contribution in [2.24, 2.45) is 4.99 Å². The lowest BCUT2D eigenvalue weighted by atomic mass is 10.1. The van der Waals surface area contributed by atoms with Crippen LogP contribution >= 0.6 is 0 Å². The average Bonchev–Trinajstić information content (AvgIpc) is 2.34. The first-order valence-corrected chi connectivity index (χ1v) is 6.17. The summed E-state index contributed by atoms with van der Waals surface area (Å²) in [6.45, 7) is 6.97. The van der Waals surface area contributed by atoms with Crippen molar-refractivity contribution in [3.8, 4) is 5.75 Å². The molecule has 4 heteroatoms. The van der Waals surface area contributed by atoms with Crippen LogP contribution in [0.4, 0.5) is 0 Å². The number of aryl methyl sites for hydroxylation is 1. The van der Waals surface area contributed by atoms with Gasteiger partial charge in [0.15, 0.2) is 5.96 Å². The third-order valence-corrected chi connectivity index (χ3v) is 2.57. The van der Waals surface area contributed by atoms with E-state index in [0.717, 1.165) is 23.8 Å². The quantitative estimate of drug-likeness (QED) is 0.634. The molecule has 0 heterocycles. The number of nitrogens with zero attached hydrogens (tertiary/aromatic N) is 1. The van der Waals surface area contributed by atoms with Gasteiger partial charge in [0.25, 0.3) is 0 Å². The summed E-state index contributed by atoms with van der Waals surface area (Å²) in [7, 11) is 3.46. The molecule has 1 aromatic rings. The highest BCUT2D eigenvalue weighted by atomic mass is 16.5. The van der Waals surface area contributed by atoms with Gasteiger partial charge in [-0.05, 0) is 38.0 Å². The largest absolute Gasteiger partial charge is 0.496 e. The smallest absolute Gasteiger partial charge is 0.191 e. The van der Waals surface area contributed by atoms with Crippen LogP contribution in [0.3, 0.4) is 0 Å². The highest BCUT2D eigenvalue weighted by Gasteiger charge is 2.02. The number of ether oxygens (including phenoxy) is 1. The monoisotopic (exact) mass is 249 g/mol. The van der Waals surface area contributed by atoms with Crippen molar-refractivity contribution < 1.29 is 4.74 Å². The summed E-state index contributed by atoms with van der Waals surface area (Å²) in [4.78, 5) is 4.17. The van der Waals surface area contributed by atoms with E-state index in [4.69, 9.17) is 4.74 Å². The molecule has 0 unspecified atom stereocenters. The molecule has 0 spiro atoms. The van der Waals surface area contributed by atoms with Crippen molar-refractivity contribution in [1.82, 2.24) is 10.6 Å². The Kier molecular flexibility index (Phi) is 5.49. The molecule has 0 fully saturated rings. The van der Waals surface area contributed by atoms with E-state index < -0.39 is 0 Å². The van der Waals surface area contributed by atoms with Gasteiger partial charge in [-0.15, -0.1) is 0 Å². The lowest BCUT2D eigenvalue weighted by Gasteiger charge is -2.15. The van der Waals surface area contributed by atoms with Crippen LogP contribution in [-0.4, -0.2) is 26.2 Å². The minimum atomic E-state index is 0.369. The molecule has 100 valence electrons. The molecule has 4 nitrogen and oxygen atoms in total. The van der Waals surface area contributed by atoms with Gasteiger partial charge in [0, 0.05) is 19.6 Å². The fraction of sp³-hybridized carbons (Fsp3) is 0.500. The molecule has 0 aliphatic heterocycles. The predicted molar refractivity (Wildman–Crippen MR) is 76.2 cm³/mol. The fourth-order valence-electron chi connectivity index (χ4n) is 1.70. The Labute approximate surface area is 109 Å². The summed E-state index contributed by atoms with van der Waals surface area (Å²) in [6, 6.07) is 6.54. The Bertz CT molecular complexity index is 414. The number of guanidine groups is 1. The molecule has 0 amide bonds. The standard InChI is InChI=1S/C14H23N3O/c1-10(2)17-14(15-4)16-9-12-6-7-13(18-5)11(3)8-12/h6-8,10H,9H2,1-5H3,(H2,15,16,17). The summed E-state index contributed by atoms with van der Waals surface area (Å²) >= 11 is 0. The number of hydrogen-bond donors (Lipinski definition) is 2. The van der Waals surface area contributed by atoms with Crippen LogP contribution in [-0.2, 0) is 6.54 Å². The molecule has 2 N–H and O–H groups in total. The molecular weight excluding hydrogens is 226 g/mol.